The molecule has 0 aliphatic heterocycles. The van der Waals surface area contributed by atoms with Crippen LogP contribution in [0.4, 0.5) is 4.39 Å². The molecule has 3 nitrogen and oxygen atoms in total. The lowest BCUT2D eigenvalue weighted by Gasteiger charge is -2.25. The van der Waals surface area contributed by atoms with Crippen LogP contribution in [-0.2, 0) is 9.53 Å². The number of aryl methyl sites for hydroxylation is 2. The van der Waals surface area contributed by atoms with E-state index in [0.717, 1.165) is 5.56 Å². The Morgan fingerprint density at radius 3 is 2.26 bits per heavy atom. The van der Waals surface area contributed by atoms with Gasteiger partial charge in [-0.15, -0.1) is 0 Å². The third kappa shape index (κ3) is 3.53. The molecule has 106 valence electrons. The Kier molecular flexibility index (Phi) is 4.69. The molecule has 0 saturated carbocycles. The summed E-state index contributed by atoms with van der Waals surface area (Å²) in [5.41, 5.74) is 7.45. The first-order valence-electron chi connectivity index (χ1n) is 6.29. The van der Waals surface area contributed by atoms with Crippen molar-refractivity contribution in [3.8, 4) is 0 Å². The molecule has 2 N–H and O–H groups in total. The molecule has 0 aliphatic carbocycles. The van der Waals surface area contributed by atoms with E-state index < -0.39 is 5.41 Å². The first-order chi connectivity index (χ1) is 8.69. The molecule has 1 unspecified atom stereocenters. The molecule has 0 fully saturated rings. The van der Waals surface area contributed by atoms with E-state index >= 15 is 0 Å². The van der Waals surface area contributed by atoms with Crippen LogP contribution in [-0.4, -0.2) is 13.1 Å². The quantitative estimate of drug-likeness (QED) is 0.853. The van der Waals surface area contributed by atoms with Crippen LogP contribution in [0, 0.1) is 25.1 Å². The largest absolute Gasteiger partial charge is 0.469 e. The molecule has 0 bridgehead atoms. The summed E-state index contributed by atoms with van der Waals surface area (Å²) in [6.45, 7) is 7.01. The fourth-order valence-corrected chi connectivity index (χ4v) is 2.22. The van der Waals surface area contributed by atoms with Crippen LogP contribution < -0.4 is 5.73 Å². The minimum atomic E-state index is -0.662. The fourth-order valence-electron chi connectivity index (χ4n) is 2.22. The highest BCUT2D eigenvalue weighted by atomic mass is 19.1. The highest BCUT2D eigenvalue weighted by Crippen LogP contribution is 2.31. The van der Waals surface area contributed by atoms with Gasteiger partial charge in [0.1, 0.15) is 5.82 Å². The monoisotopic (exact) mass is 267 g/mol. The topological polar surface area (TPSA) is 52.3 Å². The number of methoxy groups -OCH3 is 1. The Labute approximate surface area is 113 Å². The average Bonchev–Trinajstić information content (AvgIpc) is 2.33. The lowest BCUT2D eigenvalue weighted by molar-refractivity contribution is -0.151. The summed E-state index contributed by atoms with van der Waals surface area (Å²) in [4.78, 5) is 11.7. The molecular formula is C15H22FNO2. The lowest BCUT2D eigenvalue weighted by Crippen LogP contribution is -2.30. The summed E-state index contributed by atoms with van der Waals surface area (Å²) in [6.07, 6.45) is 0.449. The minimum Gasteiger partial charge on any atom is -0.469 e. The molecule has 4 heteroatoms. The van der Waals surface area contributed by atoms with Gasteiger partial charge in [0.15, 0.2) is 0 Å². The summed E-state index contributed by atoms with van der Waals surface area (Å²) < 4.78 is 18.3. The van der Waals surface area contributed by atoms with Gasteiger partial charge in [-0.1, -0.05) is 12.1 Å². The Morgan fingerprint density at radius 2 is 1.84 bits per heavy atom. The maximum absolute atomic E-state index is 13.6. The zero-order chi connectivity index (χ0) is 14.8. The van der Waals surface area contributed by atoms with Gasteiger partial charge >= 0.3 is 5.97 Å². The predicted molar refractivity (Wildman–Crippen MR) is 73.2 cm³/mol. The summed E-state index contributed by atoms with van der Waals surface area (Å²) in [5, 5.41) is 0. The third-order valence-electron chi connectivity index (χ3n) is 3.36. The molecule has 0 radical (unpaired) electrons. The first kappa shape index (κ1) is 15.6. The van der Waals surface area contributed by atoms with Crippen molar-refractivity contribution >= 4 is 5.97 Å². The second-order valence-corrected chi connectivity index (χ2v) is 5.65. The van der Waals surface area contributed by atoms with Crippen LogP contribution in [0.5, 0.6) is 0 Å². The smallest absolute Gasteiger partial charge is 0.311 e. The molecule has 0 spiro atoms. The number of halogens is 1. The number of benzene rings is 1. The standard InChI is InChI=1S/C15H22FNO2/c1-9-6-11(7-10(2)13(9)16)12(17)8-15(3,4)14(18)19-5/h6-7,12H,8,17H2,1-5H3. The molecular weight excluding hydrogens is 245 g/mol. The Bertz CT molecular complexity index is 460. The molecule has 1 aromatic carbocycles. The van der Waals surface area contributed by atoms with Gasteiger partial charge in [-0.2, -0.15) is 0 Å². The summed E-state index contributed by atoms with van der Waals surface area (Å²) in [5.74, 6) is -0.498. The van der Waals surface area contributed by atoms with E-state index in [2.05, 4.69) is 0 Å². The minimum absolute atomic E-state index is 0.205. The number of carbonyl (C=O) groups excluding carboxylic acids is 1. The zero-order valence-corrected chi connectivity index (χ0v) is 12.2. The van der Waals surface area contributed by atoms with E-state index in [1.165, 1.54) is 7.11 Å². The normalized spacial score (nSPS) is 13.2. The van der Waals surface area contributed by atoms with E-state index in [1.54, 1.807) is 39.8 Å². The van der Waals surface area contributed by atoms with Crippen molar-refractivity contribution in [2.24, 2.45) is 11.1 Å². The number of rotatable bonds is 4. The Balaban J connectivity index is 2.96. The molecule has 0 aromatic heterocycles. The average molecular weight is 267 g/mol. The van der Waals surface area contributed by atoms with E-state index in [-0.39, 0.29) is 17.8 Å². The zero-order valence-electron chi connectivity index (χ0n) is 12.2. The van der Waals surface area contributed by atoms with Gasteiger partial charge in [-0.05, 0) is 50.8 Å². The fraction of sp³-hybridized carbons (Fsp3) is 0.533. The molecule has 1 rings (SSSR count). The van der Waals surface area contributed by atoms with Gasteiger partial charge in [-0.3, -0.25) is 4.79 Å². The SMILES string of the molecule is COC(=O)C(C)(C)CC(N)c1cc(C)c(F)c(C)c1. The van der Waals surface area contributed by atoms with E-state index in [4.69, 9.17) is 10.5 Å². The number of carbonyl (C=O) groups is 1. The number of nitrogens with two attached hydrogens (primary N) is 1. The number of hydrogen-bond donors (Lipinski definition) is 1. The highest BCUT2D eigenvalue weighted by Gasteiger charge is 2.31. The van der Waals surface area contributed by atoms with E-state index in [9.17, 15) is 9.18 Å². The van der Waals surface area contributed by atoms with Crippen molar-refractivity contribution in [2.45, 2.75) is 40.2 Å². The van der Waals surface area contributed by atoms with Crippen LogP contribution in [0.1, 0.15) is 43.0 Å². The van der Waals surface area contributed by atoms with Crippen LogP contribution in [0.15, 0.2) is 12.1 Å². The second kappa shape index (κ2) is 5.70. The van der Waals surface area contributed by atoms with Crippen molar-refractivity contribution in [1.82, 2.24) is 0 Å². The lowest BCUT2D eigenvalue weighted by atomic mass is 9.83. The first-order valence-corrected chi connectivity index (χ1v) is 6.29. The molecule has 0 aliphatic rings. The number of ether oxygens (including phenoxy) is 1. The van der Waals surface area contributed by atoms with Gasteiger partial charge in [0.2, 0.25) is 0 Å². The van der Waals surface area contributed by atoms with Crippen LogP contribution in [0.25, 0.3) is 0 Å². The van der Waals surface area contributed by atoms with Gasteiger partial charge in [0, 0.05) is 6.04 Å². The number of hydrogen-bond acceptors (Lipinski definition) is 3. The van der Waals surface area contributed by atoms with Crippen molar-refractivity contribution in [2.75, 3.05) is 7.11 Å². The van der Waals surface area contributed by atoms with Crippen molar-refractivity contribution in [3.63, 3.8) is 0 Å². The van der Waals surface area contributed by atoms with Crippen molar-refractivity contribution < 1.29 is 13.9 Å². The maximum atomic E-state index is 13.6. The summed E-state index contributed by atoms with van der Waals surface area (Å²) in [7, 11) is 1.36. The Hall–Kier alpha value is -1.42. The molecule has 1 atom stereocenters. The van der Waals surface area contributed by atoms with Gasteiger partial charge < -0.3 is 10.5 Å². The third-order valence-corrected chi connectivity index (χ3v) is 3.36. The van der Waals surface area contributed by atoms with Crippen LogP contribution in [0.2, 0.25) is 0 Å². The van der Waals surface area contributed by atoms with E-state index in [0.29, 0.717) is 17.5 Å². The molecule has 0 saturated heterocycles. The van der Waals surface area contributed by atoms with E-state index in [1.807, 2.05) is 0 Å². The van der Waals surface area contributed by atoms with Crippen molar-refractivity contribution in [3.05, 3.63) is 34.6 Å². The van der Waals surface area contributed by atoms with Gasteiger partial charge in [0.25, 0.3) is 0 Å². The van der Waals surface area contributed by atoms with Crippen molar-refractivity contribution in [1.29, 1.82) is 0 Å². The summed E-state index contributed by atoms with van der Waals surface area (Å²) >= 11 is 0. The van der Waals surface area contributed by atoms with Crippen LogP contribution >= 0.6 is 0 Å². The van der Waals surface area contributed by atoms with Gasteiger partial charge in [-0.25, -0.2) is 4.39 Å². The number of esters is 1. The van der Waals surface area contributed by atoms with Gasteiger partial charge in [0.05, 0.1) is 12.5 Å². The second-order valence-electron chi connectivity index (χ2n) is 5.65. The molecule has 1 aromatic rings. The predicted octanol–water partition coefficient (Wildman–Crippen LogP) is 3.03. The molecule has 0 amide bonds. The summed E-state index contributed by atoms with van der Waals surface area (Å²) in [6, 6.07) is 3.15. The Morgan fingerprint density at radius 1 is 1.37 bits per heavy atom. The van der Waals surface area contributed by atoms with Crippen LogP contribution in [0.3, 0.4) is 0 Å². The molecule has 0 heterocycles. The highest BCUT2D eigenvalue weighted by molar-refractivity contribution is 5.75. The maximum Gasteiger partial charge on any atom is 0.311 e. The molecule has 19 heavy (non-hydrogen) atoms.